The van der Waals surface area contributed by atoms with Crippen LogP contribution in [0.25, 0.3) is 0 Å². The Labute approximate surface area is 301 Å². The molecular weight excluding hydrogens is 652 g/mol. The quantitative estimate of drug-likeness (QED) is 0.274. The average Bonchev–Trinajstić information content (AvgIpc) is 3.50. The fourth-order valence-electron chi connectivity index (χ4n) is 7.99. The van der Waals surface area contributed by atoms with Crippen molar-refractivity contribution in [1.29, 1.82) is 5.26 Å². The van der Waals surface area contributed by atoms with Crippen molar-refractivity contribution in [2.24, 2.45) is 17.3 Å². The van der Waals surface area contributed by atoms with Crippen molar-refractivity contribution in [3.05, 3.63) is 71.2 Å². The average molecular weight is 701 g/mol. The number of ether oxygens (including phenoxy) is 2. The molecule has 50 heavy (non-hydrogen) atoms. The second-order valence-electron chi connectivity index (χ2n) is 15.4. The minimum absolute atomic E-state index is 0.0206. The van der Waals surface area contributed by atoms with Crippen molar-refractivity contribution in [2.45, 2.75) is 83.8 Å². The summed E-state index contributed by atoms with van der Waals surface area (Å²) in [6.07, 6.45) is 15.3. The van der Waals surface area contributed by atoms with E-state index in [4.69, 9.17) is 26.3 Å². The van der Waals surface area contributed by atoms with Crippen LogP contribution in [-0.4, -0.2) is 82.7 Å². The highest BCUT2D eigenvalue weighted by atomic mass is 35.5. The predicted octanol–water partition coefficient (Wildman–Crippen LogP) is 7.44. The predicted molar refractivity (Wildman–Crippen MR) is 193 cm³/mol. The molecule has 0 spiro atoms. The lowest BCUT2D eigenvalue weighted by atomic mass is 9.81. The van der Waals surface area contributed by atoms with Crippen LogP contribution in [0.5, 0.6) is 5.75 Å². The lowest BCUT2D eigenvalue weighted by Gasteiger charge is -2.32. The van der Waals surface area contributed by atoms with Crippen LogP contribution < -0.4 is 9.64 Å². The molecule has 0 bridgehead atoms. The number of carbonyl (C=O) groups excluding carboxylic acids is 2. The van der Waals surface area contributed by atoms with Gasteiger partial charge in [0.1, 0.15) is 28.9 Å². The molecule has 1 aliphatic carbocycles. The van der Waals surface area contributed by atoms with E-state index in [2.05, 4.69) is 33.6 Å². The molecule has 2 aromatic rings. The summed E-state index contributed by atoms with van der Waals surface area (Å²) in [6.45, 7) is 14.3. The van der Waals surface area contributed by atoms with E-state index in [1.165, 1.54) is 5.57 Å². The highest BCUT2D eigenvalue weighted by molar-refractivity contribution is 6.31. The number of nitriles is 1. The van der Waals surface area contributed by atoms with E-state index in [1.54, 1.807) is 30.6 Å². The summed E-state index contributed by atoms with van der Waals surface area (Å²) in [7, 11) is 0. The van der Waals surface area contributed by atoms with Gasteiger partial charge >= 0.3 is 6.09 Å². The minimum atomic E-state index is -0.473. The third kappa shape index (κ3) is 8.26. The first-order chi connectivity index (χ1) is 23.9. The minimum Gasteiger partial charge on any atom is -0.490 e. The zero-order valence-corrected chi connectivity index (χ0v) is 30.3. The van der Waals surface area contributed by atoms with E-state index >= 15 is 0 Å². The van der Waals surface area contributed by atoms with E-state index in [1.807, 2.05) is 36.6 Å². The number of benzene rings is 1. The van der Waals surface area contributed by atoms with Gasteiger partial charge in [-0.25, -0.2) is 14.8 Å². The SMILES string of the molecule is C=CC12C[C@H](Oc3ccc(C#N)c(Cl)c3)C[C@@H]1CN(C(=O)c1cnc(N3CCC(C/C=C4/CCCN(C(=O)OC(C)(C)C)CC4)CC3)cn1)C2. The summed E-state index contributed by atoms with van der Waals surface area (Å²) >= 11 is 6.21. The maximum absolute atomic E-state index is 13.5. The van der Waals surface area contributed by atoms with Crippen LogP contribution in [0, 0.1) is 28.6 Å². The van der Waals surface area contributed by atoms with Gasteiger partial charge in [0.05, 0.1) is 29.1 Å². The normalized spacial score (nSPS) is 25.2. The van der Waals surface area contributed by atoms with Crippen LogP contribution in [0.15, 0.2) is 54.9 Å². The molecule has 2 amide bonds. The number of halogens is 1. The van der Waals surface area contributed by atoms with Gasteiger partial charge in [-0.3, -0.25) is 4.79 Å². The first kappa shape index (κ1) is 35.7. The van der Waals surface area contributed by atoms with Gasteiger partial charge in [0.25, 0.3) is 5.91 Å². The summed E-state index contributed by atoms with van der Waals surface area (Å²) < 4.78 is 11.8. The van der Waals surface area contributed by atoms with Crippen LogP contribution in [0.3, 0.4) is 0 Å². The Morgan fingerprint density at radius 3 is 2.58 bits per heavy atom. The molecular formula is C39H49ClN6O4. The Bertz CT molecular complexity index is 1640. The number of likely N-dealkylation sites (tertiary alicyclic amines) is 2. The molecule has 1 aromatic carbocycles. The largest absolute Gasteiger partial charge is 0.490 e. The van der Waals surface area contributed by atoms with Crippen molar-refractivity contribution >= 4 is 29.4 Å². The number of carbonyl (C=O) groups is 2. The molecule has 3 saturated heterocycles. The second kappa shape index (κ2) is 15.0. The fourth-order valence-corrected chi connectivity index (χ4v) is 8.20. The highest BCUT2D eigenvalue weighted by Crippen LogP contribution is 2.51. The standard InChI is InChI=1S/C39H49ClN6O4/c1-5-39-21-32(49-31-11-10-29(22-41)33(40)20-31)19-30(39)25-46(26-39)36(47)34-23-43-35(24-42-34)44-16-12-28(13-17-44)9-8-27-7-6-15-45(18-14-27)37(48)50-38(2,3)4/h5,8,10-11,20,23-24,28,30,32H,1,6-7,9,12-19,21,25-26H2,2-4H3/b27-8-/t30-,32-,39?/m1/s1. The molecule has 3 aliphatic heterocycles. The van der Waals surface area contributed by atoms with Gasteiger partial charge in [-0.15, -0.1) is 6.58 Å². The maximum Gasteiger partial charge on any atom is 0.410 e. The van der Waals surface area contributed by atoms with Crippen LogP contribution in [0.4, 0.5) is 10.6 Å². The van der Waals surface area contributed by atoms with Gasteiger partial charge in [-0.05, 0) is 96.1 Å². The number of allylic oxidation sites excluding steroid dienone is 1. The number of anilines is 1. The number of hydrogen-bond donors (Lipinski definition) is 0. The van der Waals surface area contributed by atoms with Crippen molar-refractivity contribution in [3.63, 3.8) is 0 Å². The number of piperidine rings is 1. The monoisotopic (exact) mass is 700 g/mol. The molecule has 0 N–H and O–H groups in total. The number of amides is 2. The molecule has 4 fully saturated rings. The Balaban J connectivity index is 0.958. The van der Waals surface area contributed by atoms with Crippen molar-refractivity contribution in [2.75, 3.05) is 44.2 Å². The Hall–Kier alpha value is -4.10. The van der Waals surface area contributed by atoms with Crippen LogP contribution >= 0.6 is 11.6 Å². The fraction of sp³-hybridized carbons (Fsp3) is 0.564. The molecule has 0 radical (unpaired) electrons. The Kier molecular flexibility index (Phi) is 10.7. The number of rotatable bonds is 7. The zero-order valence-electron chi connectivity index (χ0n) is 29.6. The number of fused-ring (bicyclic) bond motifs is 1. The third-order valence-corrected chi connectivity index (χ3v) is 11.1. The summed E-state index contributed by atoms with van der Waals surface area (Å²) in [5.41, 5.74) is 1.54. The molecule has 11 heteroatoms. The number of nitrogens with zero attached hydrogens (tertiary/aromatic N) is 6. The van der Waals surface area contributed by atoms with Crippen molar-refractivity contribution < 1.29 is 19.1 Å². The maximum atomic E-state index is 13.5. The first-order valence-electron chi connectivity index (χ1n) is 18.0. The lowest BCUT2D eigenvalue weighted by Crippen LogP contribution is -2.37. The summed E-state index contributed by atoms with van der Waals surface area (Å²) in [4.78, 5) is 41.3. The number of hydrogen-bond acceptors (Lipinski definition) is 8. The lowest BCUT2D eigenvalue weighted by molar-refractivity contribution is 0.0258. The van der Waals surface area contributed by atoms with Crippen LogP contribution in [0.2, 0.25) is 5.02 Å². The van der Waals surface area contributed by atoms with Gasteiger partial charge in [0, 0.05) is 50.7 Å². The van der Waals surface area contributed by atoms with Crippen molar-refractivity contribution in [1.82, 2.24) is 19.8 Å². The zero-order chi connectivity index (χ0) is 35.5. The van der Waals surface area contributed by atoms with E-state index in [0.717, 1.165) is 83.4 Å². The van der Waals surface area contributed by atoms with Crippen LogP contribution in [-0.2, 0) is 4.74 Å². The first-order valence-corrected chi connectivity index (χ1v) is 18.3. The molecule has 266 valence electrons. The smallest absolute Gasteiger partial charge is 0.410 e. The molecule has 1 aromatic heterocycles. The van der Waals surface area contributed by atoms with E-state index < -0.39 is 5.60 Å². The van der Waals surface area contributed by atoms with Crippen molar-refractivity contribution in [3.8, 4) is 11.8 Å². The third-order valence-electron chi connectivity index (χ3n) is 10.8. The van der Waals surface area contributed by atoms with Gasteiger partial charge in [0.15, 0.2) is 0 Å². The van der Waals surface area contributed by atoms with E-state index in [-0.39, 0.29) is 29.4 Å². The summed E-state index contributed by atoms with van der Waals surface area (Å²) in [5, 5.41) is 9.53. The molecule has 6 rings (SSSR count). The number of aromatic nitrogens is 2. The highest BCUT2D eigenvalue weighted by Gasteiger charge is 2.53. The van der Waals surface area contributed by atoms with E-state index in [9.17, 15) is 9.59 Å². The molecule has 4 heterocycles. The molecule has 3 atom stereocenters. The topological polar surface area (TPSA) is 112 Å². The Morgan fingerprint density at radius 2 is 1.92 bits per heavy atom. The van der Waals surface area contributed by atoms with Gasteiger partial charge in [-0.1, -0.05) is 29.3 Å². The summed E-state index contributed by atoms with van der Waals surface area (Å²) in [5.74, 6) is 2.22. The van der Waals surface area contributed by atoms with Gasteiger partial charge in [-0.2, -0.15) is 5.26 Å². The molecule has 1 saturated carbocycles. The summed E-state index contributed by atoms with van der Waals surface area (Å²) in [6, 6.07) is 7.22. The van der Waals surface area contributed by atoms with Gasteiger partial charge in [0.2, 0.25) is 0 Å². The van der Waals surface area contributed by atoms with E-state index in [0.29, 0.717) is 41.0 Å². The molecule has 4 aliphatic rings. The van der Waals surface area contributed by atoms with Crippen LogP contribution in [0.1, 0.15) is 88.2 Å². The van der Waals surface area contributed by atoms with Gasteiger partial charge < -0.3 is 24.2 Å². The second-order valence-corrected chi connectivity index (χ2v) is 15.8. The Morgan fingerprint density at radius 1 is 1.12 bits per heavy atom. The molecule has 1 unspecified atom stereocenters. The molecule has 10 nitrogen and oxygen atoms in total.